The Morgan fingerprint density at radius 2 is 1.90 bits per heavy atom. The van der Waals surface area contributed by atoms with Gasteiger partial charge in [-0.05, 0) is 55.7 Å². The Kier molecular flexibility index (Phi) is 4.97. The van der Waals surface area contributed by atoms with E-state index in [-0.39, 0.29) is 23.8 Å². The van der Waals surface area contributed by atoms with Gasteiger partial charge in [-0.2, -0.15) is 0 Å². The molecule has 1 aliphatic heterocycles. The second-order valence-electron chi connectivity index (χ2n) is 8.08. The molecule has 4 radical (unpaired) electrons. The summed E-state index contributed by atoms with van der Waals surface area (Å²) in [5.41, 5.74) is 4.91. The lowest BCUT2D eigenvalue weighted by Crippen LogP contribution is -2.48. The molecule has 1 amide bonds. The van der Waals surface area contributed by atoms with E-state index in [2.05, 4.69) is 11.0 Å². The van der Waals surface area contributed by atoms with Crippen LogP contribution in [0.4, 0.5) is 0 Å². The van der Waals surface area contributed by atoms with Crippen LogP contribution in [0.1, 0.15) is 36.7 Å². The summed E-state index contributed by atoms with van der Waals surface area (Å²) in [6.07, 6.45) is 2.83. The fraction of sp³-hybridized carbons (Fsp3) is 0.455. The summed E-state index contributed by atoms with van der Waals surface area (Å²) >= 11 is 0. The fourth-order valence-corrected chi connectivity index (χ4v) is 5.01. The molecule has 1 aromatic heterocycles. The van der Waals surface area contributed by atoms with Gasteiger partial charge in [0.05, 0.1) is 11.4 Å². The standard InChI is InChI=1S/C22H25B2N3O2/c1-5-26(6-2)22(29)13-7-15-16-8-14(23)9-19-20(16)17(10-18(15)25(4)11-13)21(24)27(19)12(3)28/h7-9,13,18H,5-6,10-11H2,1-4H3/t13-,18?/m1/s1. The smallest absolute Gasteiger partial charge is 0.230 e. The van der Waals surface area contributed by atoms with Crippen molar-refractivity contribution < 1.29 is 9.59 Å². The maximum atomic E-state index is 13.0. The number of nitrogens with zero attached hydrogens (tertiary/aromatic N) is 3. The second kappa shape index (κ2) is 7.21. The molecule has 1 aromatic carbocycles. The molecule has 1 aliphatic carbocycles. The molecule has 2 aliphatic rings. The van der Waals surface area contributed by atoms with Crippen molar-refractivity contribution in [3.05, 3.63) is 29.3 Å². The molecule has 2 aromatic rings. The first kappa shape index (κ1) is 20.0. The number of hydrogen-bond donors (Lipinski definition) is 0. The lowest BCUT2D eigenvalue weighted by atomic mass is 9.76. The Bertz CT molecular complexity index is 1050. The summed E-state index contributed by atoms with van der Waals surface area (Å²) in [6.45, 7) is 7.59. The fourth-order valence-electron chi connectivity index (χ4n) is 5.01. The number of benzene rings is 1. The monoisotopic (exact) mass is 385 g/mol. The number of carbonyl (C=O) groups is 2. The molecule has 2 atom stereocenters. The van der Waals surface area contributed by atoms with Gasteiger partial charge in [-0.15, -0.1) is 0 Å². The van der Waals surface area contributed by atoms with E-state index in [1.807, 2.05) is 37.9 Å². The zero-order valence-electron chi connectivity index (χ0n) is 17.5. The lowest BCUT2D eigenvalue weighted by molar-refractivity contribution is -0.134. The summed E-state index contributed by atoms with van der Waals surface area (Å²) in [4.78, 5) is 29.4. The first-order chi connectivity index (χ1) is 13.8. The van der Waals surface area contributed by atoms with Crippen LogP contribution in [0, 0.1) is 5.92 Å². The number of aromatic nitrogens is 1. The molecule has 2 heterocycles. The highest BCUT2D eigenvalue weighted by atomic mass is 16.2. The van der Waals surface area contributed by atoms with Crippen LogP contribution in [0.15, 0.2) is 18.2 Å². The number of rotatable bonds is 3. The van der Waals surface area contributed by atoms with E-state index in [4.69, 9.17) is 15.7 Å². The Morgan fingerprint density at radius 3 is 2.52 bits per heavy atom. The largest absolute Gasteiger partial charge is 0.343 e. The summed E-state index contributed by atoms with van der Waals surface area (Å²) in [5.74, 6) is -0.173. The third kappa shape index (κ3) is 2.98. The Labute approximate surface area is 174 Å². The van der Waals surface area contributed by atoms with Crippen molar-refractivity contribution >= 4 is 55.0 Å². The third-order valence-electron chi connectivity index (χ3n) is 6.40. The highest BCUT2D eigenvalue weighted by Gasteiger charge is 2.38. The highest BCUT2D eigenvalue weighted by molar-refractivity contribution is 6.38. The van der Waals surface area contributed by atoms with Crippen molar-refractivity contribution in [1.82, 2.24) is 14.4 Å². The predicted molar refractivity (Wildman–Crippen MR) is 119 cm³/mol. The van der Waals surface area contributed by atoms with Crippen LogP contribution in [-0.4, -0.2) is 74.6 Å². The minimum Gasteiger partial charge on any atom is -0.343 e. The first-order valence-electron chi connectivity index (χ1n) is 10.2. The maximum absolute atomic E-state index is 13.0. The van der Waals surface area contributed by atoms with Gasteiger partial charge in [-0.1, -0.05) is 17.6 Å². The Hall–Kier alpha value is -2.27. The molecule has 0 saturated carbocycles. The van der Waals surface area contributed by atoms with Crippen LogP contribution in [0.25, 0.3) is 16.5 Å². The van der Waals surface area contributed by atoms with Gasteiger partial charge in [0, 0.05) is 38.0 Å². The molecule has 0 saturated heterocycles. The lowest BCUT2D eigenvalue weighted by Gasteiger charge is -2.40. The molecule has 1 unspecified atom stereocenters. The minimum atomic E-state index is -0.198. The van der Waals surface area contributed by atoms with E-state index in [1.165, 1.54) is 6.92 Å². The number of hydrogen-bond acceptors (Lipinski definition) is 3. The molecule has 0 N–H and O–H groups in total. The van der Waals surface area contributed by atoms with E-state index in [1.54, 1.807) is 4.57 Å². The first-order valence-corrected chi connectivity index (χ1v) is 10.2. The van der Waals surface area contributed by atoms with Gasteiger partial charge in [0.2, 0.25) is 11.8 Å². The van der Waals surface area contributed by atoms with Crippen LogP contribution < -0.4 is 11.1 Å². The average Bonchev–Trinajstić information content (AvgIpc) is 2.95. The van der Waals surface area contributed by atoms with Crippen LogP contribution >= 0.6 is 0 Å². The minimum absolute atomic E-state index is 0.110. The van der Waals surface area contributed by atoms with Crippen molar-refractivity contribution in [2.75, 3.05) is 26.7 Å². The number of amides is 1. The second-order valence-corrected chi connectivity index (χ2v) is 8.08. The average molecular weight is 385 g/mol. The summed E-state index contributed by atoms with van der Waals surface area (Å²) in [7, 11) is 14.7. The third-order valence-corrected chi connectivity index (χ3v) is 6.40. The van der Waals surface area contributed by atoms with Crippen LogP contribution in [0.3, 0.4) is 0 Å². The van der Waals surface area contributed by atoms with Crippen LogP contribution in [-0.2, 0) is 11.2 Å². The molecular weight excluding hydrogens is 360 g/mol. The molecule has 5 nitrogen and oxygen atoms in total. The quantitative estimate of drug-likeness (QED) is 0.729. The summed E-state index contributed by atoms with van der Waals surface area (Å²) in [5, 5.41) is 0.985. The molecule has 29 heavy (non-hydrogen) atoms. The van der Waals surface area contributed by atoms with Gasteiger partial charge < -0.3 is 4.90 Å². The zero-order valence-corrected chi connectivity index (χ0v) is 17.5. The van der Waals surface area contributed by atoms with Gasteiger partial charge in [0.25, 0.3) is 0 Å². The van der Waals surface area contributed by atoms with E-state index in [9.17, 15) is 9.59 Å². The number of carbonyl (C=O) groups excluding carboxylic acids is 2. The molecule has 146 valence electrons. The van der Waals surface area contributed by atoms with Gasteiger partial charge in [-0.3, -0.25) is 19.1 Å². The Balaban J connectivity index is 1.93. The van der Waals surface area contributed by atoms with Crippen LogP contribution in [0.2, 0.25) is 0 Å². The van der Waals surface area contributed by atoms with Gasteiger partial charge >= 0.3 is 0 Å². The summed E-state index contributed by atoms with van der Waals surface area (Å²) < 4.78 is 1.56. The highest BCUT2D eigenvalue weighted by Crippen LogP contribution is 2.40. The maximum Gasteiger partial charge on any atom is 0.230 e. The van der Waals surface area contributed by atoms with Gasteiger partial charge in [0.15, 0.2) is 0 Å². The Morgan fingerprint density at radius 1 is 1.21 bits per heavy atom. The molecule has 0 bridgehead atoms. The van der Waals surface area contributed by atoms with Crippen LogP contribution in [0.5, 0.6) is 0 Å². The van der Waals surface area contributed by atoms with Gasteiger partial charge in [-0.25, -0.2) is 0 Å². The molecular formula is C22H25B2N3O2. The van der Waals surface area contributed by atoms with Crippen molar-refractivity contribution in [2.45, 2.75) is 33.2 Å². The van der Waals surface area contributed by atoms with Gasteiger partial charge in [0.1, 0.15) is 15.7 Å². The van der Waals surface area contributed by atoms with E-state index < -0.39 is 0 Å². The number of likely N-dealkylation sites (N-methyl/N-ethyl adjacent to an activating group) is 1. The predicted octanol–water partition coefficient (Wildman–Crippen LogP) is 0.627. The molecule has 7 heteroatoms. The molecule has 0 spiro atoms. The molecule has 4 rings (SSSR count). The SMILES string of the molecule is [B]c1cc2c3c(c([B])n(C(C)=O)c3c1)CC1C2=C[C@@H](C(=O)N(CC)CC)CN1C. The van der Waals surface area contributed by atoms with Crippen molar-refractivity contribution in [2.24, 2.45) is 5.92 Å². The van der Waals surface area contributed by atoms with Crippen molar-refractivity contribution in [3.63, 3.8) is 0 Å². The van der Waals surface area contributed by atoms with Crippen molar-refractivity contribution in [1.29, 1.82) is 0 Å². The summed E-state index contributed by atoms with van der Waals surface area (Å²) in [6, 6.07) is 3.87. The topological polar surface area (TPSA) is 45.6 Å². The number of fused-ring (bicyclic) bond motifs is 2. The van der Waals surface area contributed by atoms with E-state index in [0.29, 0.717) is 37.1 Å². The zero-order chi connectivity index (χ0) is 21.0. The normalized spacial score (nSPS) is 21.0. The van der Waals surface area contributed by atoms with E-state index in [0.717, 1.165) is 27.6 Å². The van der Waals surface area contributed by atoms with Crippen molar-refractivity contribution in [3.8, 4) is 0 Å². The molecule has 0 fully saturated rings. The van der Waals surface area contributed by atoms with E-state index >= 15 is 0 Å².